The summed E-state index contributed by atoms with van der Waals surface area (Å²) in [4.78, 5) is 34.9. The summed E-state index contributed by atoms with van der Waals surface area (Å²) in [6.45, 7) is 3.16. The Morgan fingerprint density at radius 2 is 1.93 bits per heavy atom. The van der Waals surface area contributed by atoms with Crippen LogP contribution in [0, 0.1) is 23.1 Å². The van der Waals surface area contributed by atoms with E-state index < -0.39 is 5.82 Å². The maximum absolute atomic E-state index is 14.7. The first-order valence-corrected chi connectivity index (χ1v) is 20.0. The zero-order valence-electron chi connectivity index (χ0n) is 31.6. The van der Waals surface area contributed by atoms with Crippen LogP contribution < -0.4 is 10.6 Å². The van der Waals surface area contributed by atoms with Crippen molar-refractivity contribution >= 4 is 28.8 Å². The maximum atomic E-state index is 14.7. The van der Waals surface area contributed by atoms with Crippen molar-refractivity contribution in [3.63, 3.8) is 0 Å². The molecule has 10 nitrogen and oxygen atoms in total. The van der Waals surface area contributed by atoms with Crippen LogP contribution in [0.3, 0.4) is 0 Å². The Morgan fingerprint density at radius 3 is 2.75 bits per heavy atom. The molecule has 0 saturated heterocycles. The quantitative estimate of drug-likeness (QED) is 0.140. The van der Waals surface area contributed by atoms with E-state index in [0.29, 0.717) is 70.1 Å². The molecule has 286 valence electrons. The van der Waals surface area contributed by atoms with Crippen molar-refractivity contribution in [2.45, 2.75) is 95.1 Å². The molecule has 2 aliphatic heterocycles. The van der Waals surface area contributed by atoms with Gasteiger partial charge in [0.15, 0.2) is 5.78 Å². The number of halogens is 1. The van der Waals surface area contributed by atoms with Crippen LogP contribution in [0.4, 0.5) is 15.8 Å². The van der Waals surface area contributed by atoms with Gasteiger partial charge in [0.2, 0.25) is 5.91 Å². The number of aryl methyl sites for hydroxylation is 2. The number of hydrogen-bond acceptors (Lipinski definition) is 8. The number of ether oxygens (including phenoxy) is 1. The lowest BCUT2D eigenvalue weighted by Gasteiger charge is -2.50. The molecule has 2 saturated carbocycles. The molecule has 4 aromatic rings. The summed E-state index contributed by atoms with van der Waals surface area (Å²) in [7, 11) is 1.82. The number of aromatic nitrogens is 3. The molecule has 3 aliphatic carbocycles. The molecule has 9 rings (SSSR count). The van der Waals surface area contributed by atoms with E-state index in [2.05, 4.69) is 38.7 Å². The second-order valence-corrected chi connectivity index (χ2v) is 16.6. The van der Waals surface area contributed by atoms with Crippen LogP contribution in [0.5, 0.6) is 5.75 Å². The fraction of sp³-hybridized carbons (Fsp3) is 0.477. The second-order valence-electron chi connectivity index (χ2n) is 16.6. The summed E-state index contributed by atoms with van der Waals surface area (Å²) in [6.07, 6.45) is 11.9. The van der Waals surface area contributed by atoms with E-state index in [9.17, 15) is 19.1 Å². The molecule has 3 aromatic carbocycles. The summed E-state index contributed by atoms with van der Waals surface area (Å²) in [5.41, 5.74) is 6.81. The fourth-order valence-electron chi connectivity index (χ4n) is 10.9. The van der Waals surface area contributed by atoms with Crippen molar-refractivity contribution in [2.75, 3.05) is 23.8 Å². The van der Waals surface area contributed by atoms with Gasteiger partial charge in [0, 0.05) is 42.6 Å². The van der Waals surface area contributed by atoms with E-state index in [1.54, 1.807) is 4.68 Å². The standard InChI is InChI=1S/C44H49FN6O4/c1-44-18-17-31-30-14-12-29(52)20-26(30)9-13-32(31)34(44)15-16-37(44)55-19-5-3-4-6-38(54)49-28-10-7-25(8-11-28)41-40(43-47-24-48-51(43)2)42-39-33(36(53)23-46-42)21-27(45)22-35(39)50-41/h7-8,10-12,14,20-22,24,31-32,34,37,40-41,50,52H,3-6,9,13,15-19,23H2,1-2H3,(H,49,54)/t31-,32-,34+,37?,40-,41-,44+/m1/s1. The minimum atomic E-state index is -0.480. The summed E-state index contributed by atoms with van der Waals surface area (Å²) < 4.78 is 23.0. The van der Waals surface area contributed by atoms with Crippen LogP contribution in [0.2, 0.25) is 0 Å². The Morgan fingerprint density at radius 1 is 1.07 bits per heavy atom. The third kappa shape index (κ3) is 6.44. The summed E-state index contributed by atoms with van der Waals surface area (Å²) in [6, 6.07) is 16.0. The Bertz CT molecular complexity index is 2170. The molecule has 3 N–H and O–H groups in total. The predicted molar refractivity (Wildman–Crippen MR) is 208 cm³/mol. The van der Waals surface area contributed by atoms with Crippen LogP contribution in [0.1, 0.15) is 121 Å². The average Bonchev–Trinajstić information content (AvgIpc) is 3.75. The van der Waals surface area contributed by atoms with Gasteiger partial charge in [-0.1, -0.05) is 31.5 Å². The first kappa shape index (κ1) is 35.8. The monoisotopic (exact) mass is 744 g/mol. The van der Waals surface area contributed by atoms with Crippen LogP contribution in [-0.2, 0) is 23.0 Å². The van der Waals surface area contributed by atoms with E-state index in [0.717, 1.165) is 44.3 Å². The highest BCUT2D eigenvalue weighted by atomic mass is 19.1. The zero-order chi connectivity index (χ0) is 37.8. The predicted octanol–water partition coefficient (Wildman–Crippen LogP) is 8.04. The number of rotatable bonds is 10. The smallest absolute Gasteiger partial charge is 0.224 e. The van der Waals surface area contributed by atoms with Gasteiger partial charge in [0.25, 0.3) is 0 Å². The molecule has 5 aliphatic rings. The number of phenolic OH excluding ortho intramolecular Hbond substituents is 1. The number of Topliss-reactive ketones (excluding diaryl/α,β-unsaturated/α-hetero) is 1. The van der Waals surface area contributed by atoms with Crippen LogP contribution in [0.25, 0.3) is 0 Å². The first-order valence-electron chi connectivity index (χ1n) is 20.0. The number of aromatic hydroxyl groups is 1. The van der Waals surface area contributed by atoms with E-state index >= 15 is 0 Å². The van der Waals surface area contributed by atoms with Gasteiger partial charge in [-0.15, -0.1) is 0 Å². The third-order valence-corrected chi connectivity index (χ3v) is 13.6. The molecular weight excluding hydrogens is 696 g/mol. The van der Waals surface area contributed by atoms with Crippen molar-refractivity contribution < 1.29 is 23.8 Å². The number of carbonyl (C=O) groups excluding carboxylic acids is 2. The lowest BCUT2D eigenvalue weighted by Crippen LogP contribution is -2.44. The van der Waals surface area contributed by atoms with E-state index in [4.69, 9.17) is 4.74 Å². The van der Waals surface area contributed by atoms with Gasteiger partial charge in [0.1, 0.15) is 30.3 Å². The number of aliphatic imine (C=N–C) groups is 1. The number of benzene rings is 3. The Labute approximate surface area is 321 Å². The second kappa shape index (κ2) is 14.3. The van der Waals surface area contributed by atoms with E-state index in [-0.39, 0.29) is 35.6 Å². The highest BCUT2D eigenvalue weighted by Gasteiger charge is 2.55. The molecule has 1 unspecified atom stereocenters. The maximum Gasteiger partial charge on any atom is 0.224 e. The summed E-state index contributed by atoms with van der Waals surface area (Å²) in [5, 5.41) is 20.8. The SMILES string of the molecule is Cn1ncnc1[C@H]1C2=NCC(=O)c3cc(F)cc(c32)N[C@@H]1c1ccc(NC(=O)CCCCCOC2CC[C@H]3[C@@H]4CCc5cc(O)ccc5[C@H]4CC[C@]23C)cc1. The molecule has 3 heterocycles. The van der Waals surface area contributed by atoms with Gasteiger partial charge in [-0.05, 0) is 128 Å². The van der Waals surface area contributed by atoms with Crippen molar-refractivity contribution in [3.8, 4) is 5.75 Å². The number of anilines is 2. The normalized spacial score (nSPS) is 27.6. The number of amides is 1. The van der Waals surface area contributed by atoms with Gasteiger partial charge in [-0.25, -0.2) is 9.37 Å². The van der Waals surface area contributed by atoms with Gasteiger partial charge in [0.05, 0.1) is 23.8 Å². The van der Waals surface area contributed by atoms with E-state index in [1.165, 1.54) is 55.3 Å². The van der Waals surface area contributed by atoms with E-state index in [1.807, 2.05) is 43.4 Å². The Balaban J connectivity index is 0.769. The molecule has 0 spiro atoms. The van der Waals surface area contributed by atoms with Crippen molar-refractivity contribution in [1.82, 2.24) is 14.8 Å². The molecule has 1 amide bonds. The van der Waals surface area contributed by atoms with Gasteiger partial charge in [-0.2, -0.15) is 5.10 Å². The number of fused-ring (bicyclic) bond motifs is 5. The van der Waals surface area contributed by atoms with Crippen molar-refractivity contribution in [3.05, 3.63) is 100 Å². The van der Waals surface area contributed by atoms with Crippen LogP contribution in [-0.4, -0.2) is 56.5 Å². The highest BCUT2D eigenvalue weighted by Crippen LogP contribution is 2.61. The number of nitrogens with one attached hydrogen (secondary N) is 2. The molecule has 0 bridgehead atoms. The van der Waals surface area contributed by atoms with Gasteiger partial charge >= 0.3 is 0 Å². The lowest BCUT2D eigenvalue weighted by atomic mass is 9.55. The number of carbonyl (C=O) groups is 2. The van der Waals surface area contributed by atoms with Gasteiger partial charge < -0.3 is 20.5 Å². The Kier molecular flexibility index (Phi) is 9.31. The molecule has 0 radical (unpaired) electrons. The molecule has 1 aromatic heterocycles. The number of ketones is 1. The summed E-state index contributed by atoms with van der Waals surface area (Å²) in [5.74, 6) is 1.98. The Hall–Kier alpha value is -4.90. The first-order chi connectivity index (χ1) is 26.7. The molecule has 2 fully saturated rings. The van der Waals surface area contributed by atoms with Crippen LogP contribution >= 0.6 is 0 Å². The molecule has 11 heteroatoms. The minimum absolute atomic E-state index is 0.0215. The number of phenols is 1. The molecule has 55 heavy (non-hydrogen) atoms. The van der Waals surface area contributed by atoms with Crippen molar-refractivity contribution in [1.29, 1.82) is 0 Å². The van der Waals surface area contributed by atoms with Crippen molar-refractivity contribution in [2.24, 2.45) is 29.3 Å². The number of unbranched alkanes of at least 4 members (excludes halogenated alkanes) is 2. The molecular formula is C44H49FN6O4. The van der Waals surface area contributed by atoms with Crippen LogP contribution in [0.15, 0.2) is 65.9 Å². The average molecular weight is 745 g/mol. The number of hydrogen-bond donors (Lipinski definition) is 3. The summed E-state index contributed by atoms with van der Waals surface area (Å²) >= 11 is 0. The largest absolute Gasteiger partial charge is 0.508 e. The lowest BCUT2D eigenvalue weighted by molar-refractivity contribution is -0.116. The number of nitrogens with zero attached hydrogens (tertiary/aromatic N) is 4. The topological polar surface area (TPSA) is 131 Å². The fourth-order valence-corrected chi connectivity index (χ4v) is 10.9. The highest BCUT2D eigenvalue weighted by molar-refractivity contribution is 6.21. The van der Waals surface area contributed by atoms with Gasteiger partial charge in [-0.3, -0.25) is 19.3 Å². The minimum Gasteiger partial charge on any atom is -0.508 e. The molecule has 7 atom stereocenters. The zero-order valence-corrected chi connectivity index (χ0v) is 31.6. The third-order valence-electron chi connectivity index (χ3n) is 13.6.